The molecule has 3 nitrogen and oxygen atoms in total. The second-order valence-corrected chi connectivity index (χ2v) is 6.78. The average molecular weight is 338 g/mol. The number of nitrogens with zero attached hydrogens (tertiary/aromatic N) is 1. The number of fused-ring (bicyclic) bond motifs is 1. The molecule has 0 aliphatic heterocycles. The van der Waals surface area contributed by atoms with Gasteiger partial charge in [-0.3, -0.25) is 4.79 Å². The zero-order valence-electron chi connectivity index (χ0n) is 13.8. The summed E-state index contributed by atoms with van der Waals surface area (Å²) in [6, 6.07) is 1.76. The Morgan fingerprint density at radius 2 is 1.92 bits per heavy atom. The number of hydrogen-bond donors (Lipinski definition) is 1. The van der Waals surface area contributed by atoms with Crippen LogP contribution in [0.1, 0.15) is 49.5 Å². The molecule has 1 heterocycles. The summed E-state index contributed by atoms with van der Waals surface area (Å²) in [5.74, 6) is -3.06. The zero-order chi connectivity index (χ0) is 17.4. The van der Waals surface area contributed by atoms with Gasteiger partial charge in [-0.2, -0.15) is 0 Å². The second-order valence-electron chi connectivity index (χ2n) is 6.78. The molecule has 1 amide bonds. The highest BCUT2D eigenvalue weighted by Crippen LogP contribution is 2.30. The van der Waals surface area contributed by atoms with Gasteiger partial charge in [0, 0.05) is 24.5 Å². The molecule has 6 heteroatoms. The molecule has 1 aromatic carbocycles. The fourth-order valence-corrected chi connectivity index (χ4v) is 3.58. The van der Waals surface area contributed by atoms with Crippen molar-refractivity contribution < 1.29 is 18.0 Å². The number of nitrogens with one attached hydrogen (secondary N) is 1. The van der Waals surface area contributed by atoms with E-state index in [0.29, 0.717) is 12.0 Å². The Morgan fingerprint density at radius 3 is 2.58 bits per heavy atom. The number of benzene rings is 1. The molecule has 1 aliphatic carbocycles. The van der Waals surface area contributed by atoms with Gasteiger partial charge in [0.25, 0.3) is 5.91 Å². The normalized spacial score (nSPS) is 16.7. The van der Waals surface area contributed by atoms with Crippen molar-refractivity contribution >= 4 is 16.8 Å². The first kappa shape index (κ1) is 16.9. The summed E-state index contributed by atoms with van der Waals surface area (Å²) >= 11 is 0. The van der Waals surface area contributed by atoms with Gasteiger partial charge in [0.1, 0.15) is 11.5 Å². The second kappa shape index (κ2) is 6.49. The van der Waals surface area contributed by atoms with Gasteiger partial charge in [0.2, 0.25) is 0 Å². The van der Waals surface area contributed by atoms with Crippen LogP contribution >= 0.6 is 0 Å². The van der Waals surface area contributed by atoms with Crippen LogP contribution in [0, 0.1) is 23.4 Å². The van der Waals surface area contributed by atoms with Crippen LogP contribution in [0.4, 0.5) is 13.2 Å². The third-order valence-electron chi connectivity index (χ3n) is 5.12. The first-order valence-corrected chi connectivity index (χ1v) is 8.32. The summed E-state index contributed by atoms with van der Waals surface area (Å²) in [5, 5.41) is -0.117. The van der Waals surface area contributed by atoms with Crippen LogP contribution in [0.3, 0.4) is 0 Å². The minimum Gasteiger partial charge on any atom is -0.348 e. The maximum atomic E-state index is 13.8. The lowest BCUT2D eigenvalue weighted by molar-refractivity contribution is 0.0719. The van der Waals surface area contributed by atoms with Crippen LogP contribution in [0.15, 0.2) is 12.1 Å². The molecule has 1 aliphatic rings. The minimum atomic E-state index is -1.27. The van der Waals surface area contributed by atoms with Crippen molar-refractivity contribution in [1.82, 2.24) is 9.88 Å². The van der Waals surface area contributed by atoms with Gasteiger partial charge in [0.15, 0.2) is 11.6 Å². The van der Waals surface area contributed by atoms with E-state index in [-0.39, 0.29) is 28.5 Å². The van der Waals surface area contributed by atoms with E-state index in [0.717, 1.165) is 6.42 Å². The number of rotatable bonds is 4. The van der Waals surface area contributed by atoms with Crippen LogP contribution in [-0.4, -0.2) is 28.9 Å². The Kier molecular flexibility index (Phi) is 4.56. The van der Waals surface area contributed by atoms with Gasteiger partial charge in [-0.05, 0) is 25.3 Å². The van der Waals surface area contributed by atoms with Gasteiger partial charge in [0.05, 0.1) is 5.52 Å². The number of aromatic nitrogens is 1. The summed E-state index contributed by atoms with van der Waals surface area (Å²) in [4.78, 5) is 16.7. The lowest BCUT2D eigenvalue weighted by atomic mass is 9.98. The number of aromatic amines is 1. The van der Waals surface area contributed by atoms with Crippen LogP contribution < -0.4 is 0 Å². The van der Waals surface area contributed by atoms with Crippen molar-refractivity contribution in [2.75, 3.05) is 7.05 Å². The molecule has 2 aromatic rings. The molecule has 0 radical (unpaired) electrons. The van der Waals surface area contributed by atoms with Crippen molar-refractivity contribution in [1.29, 1.82) is 0 Å². The van der Waals surface area contributed by atoms with Crippen LogP contribution in [0.25, 0.3) is 10.9 Å². The molecule has 3 rings (SSSR count). The maximum absolute atomic E-state index is 13.8. The average Bonchev–Trinajstić information content (AvgIpc) is 3.20. The molecule has 1 unspecified atom stereocenters. The Hall–Kier alpha value is -1.98. The van der Waals surface area contributed by atoms with Crippen molar-refractivity contribution in [2.24, 2.45) is 5.92 Å². The fraction of sp³-hybridized carbons (Fsp3) is 0.500. The highest BCUT2D eigenvalue weighted by molar-refractivity contribution is 5.98. The first-order valence-electron chi connectivity index (χ1n) is 8.32. The lowest BCUT2D eigenvalue weighted by Crippen LogP contribution is -2.36. The molecular weight excluding hydrogens is 317 g/mol. The smallest absolute Gasteiger partial charge is 0.270 e. The number of carbonyl (C=O) groups is 1. The molecular formula is C18H21F3N2O. The summed E-state index contributed by atoms with van der Waals surface area (Å²) < 4.78 is 40.9. The molecule has 0 spiro atoms. The van der Waals surface area contributed by atoms with Gasteiger partial charge in [-0.15, -0.1) is 0 Å². The third kappa shape index (κ3) is 3.01. The van der Waals surface area contributed by atoms with Crippen LogP contribution in [0.2, 0.25) is 0 Å². The SMILES string of the molecule is CC(CC1CCCC1)N(C)C(=O)c1cc2c(F)cc(F)c(F)c2[nH]1. The van der Waals surface area contributed by atoms with E-state index in [2.05, 4.69) is 4.98 Å². The highest BCUT2D eigenvalue weighted by Gasteiger charge is 2.25. The van der Waals surface area contributed by atoms with Gasteiger partial charge >= 0.3 is 0 Å². The molecule has 1 atom stereocenters. The number of carbonyl (C=O) groups excluding carboxylic acids is 1. The lowest BCUT2D eigenvalue weighted by Gasteiger charge is -2.26. The van der Waals surface area contributed by atoms with E-state index < -0.39 is 17.5 Å². The number of halogens is 3. The monoisotopic (exact) mass is 338 g/mol. The summed E-state index contributed by atoms with van der Waals surface area (Å²) in [6.07, 6.45) is 5.77. The van der Waals surface area contributed by atoms with Crippen molar-refractivity contribution in [3.63, 3.8) is 0 Å². The van der Waals surface area contributed by atoms with Gasteiger partial charge in [-0.25, -0.2) is 13.2 Å². The van der Waals surface area contributed by atoms with Gasteiger partial charge in [-0.1, -0.05) is 25.7 Å². The van der Waals surface area contributed by atoms with E-state index in [4.69, 9.17) is 0 Å². The van der Waals surface area contributed by atoms with Gasteiger partial charge < -0.3 is 9.88 Å². The summed E-state index contributed by atoms with van der Waals surface area (Å²) in [6.45, 7) is 1.97. The molecule has 1 N–H and O–H groups in total. The fourth-order valence-electron chi connectivity index (χ4n) is 3.58. The molecule has 1 fully saturated rings. The minimum absolute atomic E-state index is 0.0263. The van der Waals surface area contributed by atoms with Crippen molar-refractivity contribution in [3.05, 3.63) is 35.3 Å². The molecule has 1 saturated carbocycles. The van der Waals surface area contributed by atoms with E-state index in [1.54, 1.807) is 11.9 Å². The predicted octanol–water partition coefficient (Wildman–Crippen LogP) is 4.63. The highest BCUT2D eigenvalue weighted by atomic mass is 19.2. The van der Waals surface area contributed by atoms with E-state index in [9.17, 15) is 18.0 Å². The first-order chi connectivity index (χ1) is 11.4. The Balaban J connectivity index is 1.82. The number of H-pyrrole nitrogens is 1. The number of hydrogen-bond acceptors (Lipinski definition) is 1. The largest absolute Gasteiger partial charge is 0.348 e. The zero-order valence-corrected chi connectivity index (χ0v) is 13.8. The third-order valence-corrected chi connectivity index (χ3v) is 5.12. The van der Waals surface area contributed by atoms with Crippen molar-refractivity contribution in [2.45, 2.75) is 45.1 Å². The molecule has 0 saturated heterocycles. The summed E-state index contributed by atoms with van der Waals surface area (Å²) in [7, 11) is 1.68. The number of amides is 1. The van der Waals surface area contributed by atoms with Crippen LogP contribution in [-0.2, 0) is 0 Å². The van der Waals surface area contributed by atoms with E-state index >= 15 is 0 Å². The molecule has 0 bridgehead atoms. The predicted molar refractivity (Wildman–Crippen MR) is 86.3 cm³/mol. The van der Waals surface area contributed by atoms with E-state index in [1.165, 1.54) is 31.7 Å². The van der Waals surface area contributed by atoms with E-state index in [1.807, 2.05) is 6.92 Å². The topological polar surface area (TPSA) is 36.1 Å². The summed E-state index contributed by atoms with van der Waals surface area (Å²) in [5.41, 5.74) is -0.248. The van der Waals surface area contributed by atoms with Crippen LogP contribution in [0.5, 0.6) is 0 Å². The Morgan fingerprint density at radius 1 is 1.25 bits per heavy atom. The Bertz CT molecular complexity index is 765. The standard InChI is InChI=1S/C18H21F3N2O/c1-10(7-11-5-3-4-6-11)23(2)18(24)15-8-12-13(19)9-14(20)16(21)17(12)22-15/h8-11,22H,3-7H2,1-2H3. The quantitative estimate of drug-likeness (QED) is 0.811. The van der Waals surface area contributed by atoms with Crippen molar-refractivity contribution in [3.8, 4) is 0 Å². The molecule has 24 heavy (non-hydrogen) atoms. The Labute approximate surface area is 138 Å². The molecule has 130 valence electrons. The maximum Gasteiger partial charge on any atom is 0.270 e. The molecule has 1 aromatic heterocycles.